The van der Waals surface area contributed by atoms with Gasteiger partial charge >= 0.3 is 0 Å². The van der Waals surface area contributed by atoms with Gasteiger partial charge in [-0.15, -0.1) is 0 Å². The highest BCUT2D eigenvalue weighted by Crippen LogP contribution is 2.61. The number of fused-ring (bicyclic) bond motifs is 26. The van der Waals surface area contributed by atoms with E-state index in [0.717, 1.165) is 218 Å². The first-order valence-electron chi connectivity index (χ1n) is 45.8. The second kappa shape index (κ2) is 37.5. The fourth-order valence-electron chi connectivity index (χ4n) is 26.4. The average Bonchev–Trinajstić information content (AvgIpc) is 1.42. The first-order valence-corrected chi connectivity index (χ1v) is 45.8. The molecule has 0 radical (unpaired) electrons. The largest absolute Gasteiger partial charge is 0.378 e. The van der Waals surface area contributed by atoms with Gasteiger partial charge in [-0.25, -0.2) is 0 Å². The topological polar surface area (TPSA) is 194 Å². The van der Waals surface area contributed by atoms with Gasteiger partial charge in [-0.1, -0.05) is 158 Å². The van der Waals surface area contributed by atoms with Gasteiger partial charge in [-0.05, 0) is 163 Å². The number of unbranched alkanes of at least 4 members (excludes halogenated alkanes) is 8. The fourth-order valence-corrected chi connectivity index (χ4v) is 26.4. The van der Waals surface area contributed by atoms with Crippen molar-refractivity contribution in [2.24, 2.45) is 107 Å². The van der Waals surface area contributed by atoms with Gasteiger partial charge < -0.3 is 48.5 Å². The normalized spacial score (nSPS) is 47.8. The zero-order valence-electron chi connectivity index (χ0n) is 66.7. The molecule has 36 unspecified atom stereocenters. The first-order chi connectivity index (χ1) is 51.3. The number of rotatable bonds is 32. The number of hydrogen-bond donors (Lipinski definition) is 10. The Morgan fingerprint density at radius 2 is 0.413 bits per heavy atom. The molecule has 104 heavy (non-hydrogen) atoms. The van der Waals surface area contributed by atoms with Crippen molar-refractivity contribution in [1.82, 2.24) is 53.2 Å². The van der Waals surface area contributed by atoms with Crippen molar-refractivity contribution in [3.05, 3.63) is 0 Å². The van der Waals surface area contributed by atoms with Crippen LogP contribution >= 0.6 is 0 Å². The number of nitrogens with one attached hydrogen (secondary N) is 10. The van der Waals surface area contributed by atoms with Crippen LogP contribution in [0.3, 0.4) is 0 Å². The van der Waals surface area contributed by atoms with Gasteiger partial charge in [0.1, 0.15) is 0 Å². The molecule has 15 aliphatic rings. The van der Waals surface area contributed by atoms with Crippen molar-refractivity contribution in [3.8, 4) is 0 Å². The summed E-state index contributed by atoms with van der Waals surface area (Å²) < 4.78 is 62.4. The van der Waals surface area contributed by atoms with Crippen molar-refractivity contribution in [3.63, 3.8) is 0 Å². The van der Waals surface area contributed by atoms with Gasteiger partial charge in [0.25, 0.3) is 0 Å². The molecule has 7 aliphatic heterocycles. The van der Waals surface area contributed by atoms with E-state index in [9.17, 15) is 0 Å². The lowest BCUT2D eigenvalue weighted by Crippen LogP contribution is -2.68. The van der Waals surface area contributed by atoms with Crippen LogP contribution in [-0.2, 0) is 37.9 Å². The Kier molecular flexibility index (Phi) is 28.3. The second-order valence-electron chi connectivity index (χ2n) is 37.1. The summed E-state index contributed by atoms with van der Waals surface area (Å²) in [5, 5.41) is 46.4. The van der Waals surface area contributed by atoms with E-state index in [1.807, 2.05) is 0 Å². The van der Waals surface area contributed by atoms with Gasteiger partial charge in [0, 0.05) is 124 Å². The standard InChI is InChI=1S/C86H154N10O8/c1-9-17-39-97-71-55-35-29-37-87-69(55)77(103-45-23-15-7)67-65(71)83-92-81-62-61(73(99-41-19-11-3)57-47-51-31-25-26-32-52(51)48-58(57)74(62)100-42-20-12-4)79(90-81)89-80-63-64(76(102-44-22-14-6)60-50-54-34-28-27-33-53(54)49-59(60)75(63)101-43-21-13-5)82(91-80)93-85-68-66(84(95-85)96-86(67)94-83)72(98-40-18-10-2)56-36-30-38-88-70(56)78(68)104-46-24-16-8/h51-96H,9-50H2,1-8H3. The number of ether oxygens (including phenoxy) is 8. The molecule has 596 valence electrons. The van der Waals surface area contributed by atoms with Crippen molar-refractivity contribution in [2.45, 2.75) is 371 Å². The van der Waals surface area contributed by atoms with E-state index in [2.05, 4.69) is 76.7 Å². The SMILES string of the molecule is CCCCOC1C2CC3CCCCC3CC2C(OCCCC)C2C3NC(NC4NC(NC5NC(NC6NC(N3)C3C(OCCCC)C7CCCNC7C(OCCCC)C63)C3C(OCCCC)C6CCCNC6C(OCCCC)C53)C3C(OCCCC)C5CC6CCCCC6CC5C(OCCCC)C43)C12. The molecule has 8 aliphatic carbocycles. The van der Waals surface area contributed by atoms with Crippen molar-refractivity contribution in [2.75, 3.05) is 65.9 Å². The van der Waals surface area contributed by atoms with Crippen LogP contribution in [0.15, 0.2) is 0 Å². The van der Waals surface area contributed by atoms with Gasteiger partial charge in [-0.3, -0.25) is 42.5 Å². The molecule has 10 N–H and O–H groups in total. The third kappa shape index (κ3) is 16.1. The molecule has 18 nitrogen and oxygen atoms in total. The van der Waals surface area contributed by atoms with Crippen LogP contribution in [0.25, 0.3) is 0 Å². The molecule has 15 fully saturated rings. The summed E-state index contributed by atoms with van der Waals surface area (Å²) in [5.74, 6) is 6.31. The summed E-state index contributed by atoms with van der Waals surface area (Å²) in [5.41, 5.74) is 0. The smallest absolute Gasteiger partial charge is 0.0792 e. The Hall–Kier alpha value is -0.720. The van der Waals surface area contributed by atoms with Gasteiger partial charge in [-0.2, -0.15) is 0 Å². The zero-order chi connectivity index (χ0) is 71.2. The molecular formula is C86H154N10O8. The predicted molar refractivity (Wildman–Crippen MR) is 413 cm³/mol. The molecule has 0 aromatic rings. The molecule has 7 heterocycles. The minimum atomic E-state index is -0.125. The molecular weight excluding hydrogens is 1300 g/mol. The Labute approximate surface area is 631 Å². The first kappa shape index (κ1) is 78.6. The maximum atomic E-state index is 7.90. The summed E-state index contributed by atoms with van der Waals surface area (Å²) in [6.07, 6.45) is 37.5. The van der Waals surface area contributed by atoms with Crippen molar-refractivity contribution < 1.29 is 37.9 Å². The van der Waals surface area contributed by atoms with E-state index >= 15 is 0 Å². The molecule has 0 amide bonds. The summed E-state index contributed by atoms with van der Waals surface area (Å²) in [4.78, 5) is 0. The highest BCUT2D eigenvalue weighted by atomic mass is 16.5. The average molecular weight is 1460 g/mol. The molecule has 0 aromatic carbocycles. The molecule has 7 saturated heterocycles. The van der Waals surface area contributed by atoms with E-state index in [-0.39, 0.29) is 158 Å². The Morgan fingerprint density at radius 3 is 0.625 bits per heavy atom. The van der Waals surface area contributed by atoms with Crippen LogP contribution in [-0.4, -0.2) is 176 Å². The van der Waals surface area contributed by atoms with Gasteiger partial charge in [0.15, 0.2) is 0 Å². The zero-order valence-corrected chi connectivity index (χ0v) is 66.7. The second-order valence-corrected chi connectivity index (χ2v) is 37.1. The highest BCUT2D eigenvalue weighted by molar-refractivity contribution is 5.21. The Bertz CT molecular complexity index is 2400. The predicted octanol–water partition coefficient (Wildman–Crippen LogP) is 12.2. The molecule has 8 bridgehead atoms. The lowest BCUT2D eigenvalue weighted by atomic mass is 9.53. The van der Waals surface area contributed by atoms with E-state index < -0.39 is 0 Å². The van der Waals surface area contributed by atoms with E-state index in [4.69, 9.17) is 69.8 Å². The van der Waals surface area contributed by atoms with E-state index in [1.165, 1.54) is 77.0 Å². The highest BCUT2D eigenvalue weighted by Gasteiger charge is 2.70. The molecule has 0 aromatic heterocycles. The minimum absolute atomic E-state index is 0.0203. The van der Waals surface area contributed by atoms with Crippen LogP contribution in [0.4, 0.5) is 0 Å². The minimum Gasteiger partial charge on any atom is -0.378 e. The van der Waals surface area contributed by atoms with Crippen LogP contribution in [0, 0.1) is 107 Å². The molecule has 18 heteroatoms. The third-order valence-corrected chi connectivity index (χ3v) is 31.1. The van der Waals surface area contributed by atoms with Gasteiger partial charge in [0.2, 0.25) is 0 Å². The molecule has 8 saturated carbocycles. The van der Waals surface area contributed by atoms with Crippen molar-refractivity contribution >= 4 is 0 Å². The summed E-state index contributed by atoms with van der Waals surface area (Å²) >= 11 is 0. The Balaban J connectivity index is 0.923. The molecule has 36 atom stereocenters. The molecule has 0 spiro atoms. The van der Waals surface area contributed by atoms with Crippen LogP contribution in [0.1, 0.15) is 261 Å². The van der Waals surface area contributed by atoms with Crippen LogP contribution in [0.5, 0.6) is 0 Å². The quantitative estimate of drug-likeness (QED) is 0.0286. The third-order valence-electron chi connectivity index (χ3n) is 31.1. The number of hydrogen-bond acceptors (Lipinski definition) is 18. The number of piperidine rings is 2. The maximum absolute atomic E-state index is 7.90. The summed E-state index contributed by atoms with van der Waals surface area (Å²) in [6.45, 7) is 27.1. The summed E-state index contributed by atoms with van der Waals surface area (Å²) in [6, 6.07) is 0.364. The maximum Gasteiger partial charge on any atom is 0.0792 e. The van der Waals surface area contributed by atoms with Crippen molar-refractivity contribution in [1.29, 1.82) is 0 Å². The van der Waals surface area contributed by atoms with E-state index in [0.29, 0.717) is 35.5 Å². The fraction of sp³-hybridized carbons (Fsp3) is 1.00. The lowest BCUT2D eigenvalue weighted by Gasteiger charge is -2.57. The van der Waals surface area contributed by atoms with Gasteiger partial charge in [0.05, 0.1) is 98.2 Å². The Morgan fingerprint density at radius 1 is 0.221 bits per heavy atom. The van der Waals surface area contributed by atoms with Crippen LogP contribution in [0.2, 0.25) is 0 Å². The lowest BCUT2D eigenvalue weighted by molar-refractivity contribution is -0.191. The van der Waals surface area contributed by atoms with E-state index in [1.54, 1.807) is 0 Å². The monoisotopic (exact) mass is 1460 g/mol. The van der Waals surface area contributed by atoms with Crippen LogP contribution < -0.4 is 53.2 Å². The summed E-state index contributed by atoms with van der Waals surface area (Å²) in [7, 11) is 0. The molecule has 15 rings (SSSR count).